The van der Waals surface area contributed by atoms with Crippen LogP contribution in [0.3, 0.4) is 0 Å². The second-order valence-electron chi connectivity index (χ2n) is 3.99. The van der Waals surface area contributed by atoms with Crippen molar-refractivity contribution in [3.8, 4) is 6.07 Å². The van der Waals surface area contributed by atoms with Crippen molar-refractivity contribution in [2.45, 2.75) is 38.1 Å². The Morgan fingerprint density at radius 2 is 2.14 bits per heavy atom. The molecule has 1 fully saturated rings. The maximum absolute atomic E-state index is 11.0. The topological polar surface area (TPSA) is 62.1 Å². The number of hydrogen-bond donors (Lipinski definition) is 1. The summed E-state index contributed by atoms with van der Waals surface area (Å²) in [5.41, 5.74) is -0.695. The van der Waals surface area contributed by atoms with Gasteiger partial charge in [-0.2, -0.15) is 5.26 Å². The first-order chi connectivity index (χ1) is 6.62. The Kier molecular flexibility index (Phi) is 3.34. The molecule has 4 heteroatoms. The van der Waals surface area contributed by atoms with Crippen molar-refractivity contribution >= 4 is 6.09 Å². The minimum atomic E-state index is -0.695. The molecule has 0 unspecified atom stereocenters. The summed E-state index contributed by atoms with van der Waals surface area (Å²) in [5, 5.41) is 11.7. The van der Waals surface area contributed by atoms with E-state index < -0.39 is 11.6 Å². The minimum Gasteiger partial charge on any atom is -0.453 e. The molecule has 1 N–H and O–H groups in total. The number of ether oxygens (including phenoxy) is 1. The van der Waals surface area contributed by atoms with E-state index in [0.29, 0.717) is 5.92 Å². The van der Waals surface area contributed by atoms with Crippen LogP contribution in [0.2, 0.25) is 0 Å². The van der Waals surface area contributed by atoms with Gasteiger partial charge in [0.2, 0.25) is 0 Å². The van der Waals surface area contributed by atoms with E-state index in [4.69, 9.17) is 5.26 Å². The lowest BCUT2D eigenvalue weighted by Crippen LogP contribution is -2.49. The average molecular weight is 196 g/mol. The molecule has 0 atom stereocenters. The lowest BCUT2D eigenvalue weighted by molar-refractivity contribution is 0.151. The molecular formula is C10H16N2O2. The normalized spacial score (nSPS) is 31.6. The van der Waals surface area contributed by atoms with Crippen molar-refractivity contribution in [2.24, 2.45) is 5.92 Å². The maximum Gasteiger partial charge on any atom is 0.408 e. The lowest BCUT2D eigenvalue weighted by atomic mass is 9.78. The second-order valence-corrected chi connectivity index (χ2v) is 3.99. The third-order valence-electron chi connectivity index (χ3n) is 2.87. The number of nitriles is 1. The number of alkyl carbamates (subject to hydrolysis) is 1. The summed E-state index contributed by atoms with van der Waals surface area (Å²) in [6.45, 7) is 2.17. The van der Waals surface area contributed by atoms with Crippen LogP contribution in [0.1, 0.15) is 32.6 Å². The second kappa shape index (κ2) is 4.32. The summed E-state index contributed by atoms with van der Waals surface area (Å²) in [4.78, 5) is 11.0. The van der Waals surface area contributed by atoms with Gasteiger partial charge in [-0.1, -0.05) is 6.92 Å². The van der Waals surface area contributed by atoms with Crippen LogP contribution in [-0.4, -0.2) is 18.7 Å². The highest BCUT2D eigenvalue weighted by Crippen LogP contribution is 2.31. The van der Waals surface area contributed by atoms with Gasteiger partial charge < -0.3 is 10.1 Å². The number of methoxy groups -OCH3 is 1. The van der Waals surface area contributed by atoms with E-state index in [1.54, 1.807) is 0 Å². The van der Waals surface area contributed by atoms with Gasteiger partial charge in [0, 0.05) is 0 Å². The van der Waals surface area contributed by atoms with Crippen LogP contribution in [0.25, 0.3) is 0 Å². The summed E-state index contributed by atoms with van der Waals surface area (Å²) >= 11 is 0. The molecule has 0 aromatic heterocycles. The first-order valence-corrected chi connectivity index (χ1v) is 4.89. The van der Waals surface area contributed by atoms with Gasteiger partial charge >= 0.3 is 6.09 Å². The fourth-order valence-corrected chi connectivity index (χ4v) is 1.77. The first-order valence-electron chi connectivity index (χ1n) is 4.89. The number of hydrogen-bond acceptors (Lipinski definition) is 3. The first kappa shape index (κ1) is 10.8. The van der Waals surface area contributed by atoms with Crippen LogP contribution in [0.4, 0.5) is 4.79 Å². The Morgan fingerprint density at radius 3 is 2.57 bits per heavy atom. The van der Waals surface area contributed by atoms with E-state index in [0.717, 1.165) is 25.7 Å². The molecule has 0 saturated heterocycles. The summed E-state index contributed by atoms with van der Waals surface area (Å²) in [6.07, 6.45) is 2.90. The third-order valence-corrected chi connectivity index (χ3v) is 2.87. The van der Waals surface area contributed by atoms with Gasteiger partial charge in [0.05, 0.1) is 13.2 Å². The summed E-state index contributed by atoms with van der Waals surface area (Å²) in [7, 11) is 1.31. The molecule has 14 heavy (non-hydrogen) atoms. The molecular weight excluding hydrogens is 180 g/mol. The Hall–Kier alpha value is -1.24. The number of carbonyl (C=O) groups is 1. The molecule has 0 bridgehead atoms. The van der Waals surface area contributed by atoms with E-state index in [1.807, 2.05) is 0 Å². The van der Waals surface area contributed by atoms with Crippen molar-refractivity contribution in [1.82, 2.24) is 5.32 Å². The monoisotopic (exact) mass is 196 g/mol. The molecule has 1 aliphatic carbocycles. The molecule has 1 saturated carbocycles. The Morgan fingerprint density at radius 1 is 1.57 bits per heavy atom. The van der Waals surface area contributed by atoms with Gasteiger partial charge in [-0.15, -0.1) is 0 Å². The maximum atomic E-state index is 11.0. The quantitative estimate of drug-likeness (QED) is 0.695. The van der Waals surface area contributed by atoms with Gasteiger partial charge in [0.1, 0.15) is 5.54 Å². The molecule has 0 heterocycles. The van der Waals surface area contributed by atoms with E-state index in [1.165, 1.54) is 7.11 Å². The zero-order chi connectivity index (χ0) is 10.6. The highest BCUT2D eigenvalue weighted by atomic mass is 16.5. The standard InChI is InChI=1S/C10H16N2O2/c1-8-3-5-10(7-11,6-4-8)12-9(13)14-2/h8H,3-6H2,1-2H3,(H,12,13). The van der Waals surface area contributed by atoms with Gasteiger partial charge in [-0.25, -0.2) is 4.79 Å². The van der Waals surface area contributed by atoms with Crippen LogP contribution in [-0.2, 0) is 4.74 Å². The smallest absolute Gasteiger partial charge is 0.408 e. The highest BCUT2D eigenvalue weighted by Gasteiger charge is 2.35. The average Bonchev–Trinajstić information content (AvgIpc) is 2.22. The fraction of sp³-hybridized carbons (Fsp3) is 0.800. The van der Waals surface area contributed by atoms with E-state index >= 15 is 0 Å². The molecule has 1 amide bonds. The minimum absolute atomic E-state index is 0.513. The van der Waals surface area contributed by atoms with Crippen molar-refractivity contribution in [1.29, 1.82) is 5.26 Å². The predicted molar refractivity (Wildman–Crippen MR) is 51.5 cm³/mol. The largest absolute Gasteiger partial charge is 0.453 e. The van der Waals surface area contributed by atoms with Crippen LogP contribution in [0, 0.1) is 17.2 Å². The third kappa shape index (κ3) is 2.38. The Bertz CT molecular complexity index is 249. The zero-order valence-corrected chi connectivity index (χ0v) is 8.67. The van der Waals surface area contributed by atoms with E-state index in [-0.39, 0.29) is 0 Å². The molecule has 1 rings (SSSR count). The summed E-state index contributed by atoms with van der Waals surface area (Å²) in [6, 6.07) is 2.19. The molecule has 0 aromatic carbocycles. The number of rotatable bonds is 1. The predicted octanol–water partition coefficient (Wildman–Crippen LogP) is 1.81. The number of carbonyl (C=O) groups excluding carboxylic acids is 1. The van der Waals surface area contributed by atoms with Crippen molar-refractivity contribution in [3.05, 3.63) is 0 Å². The molecule has 0 aromatic rings. The van der Waals surface area contributed by atoms with Gasteiger partial charge in [0.15, 0.2) is 0 Å². The van der Waals surface area contributed by atoms with Crippen molar-refractivity contribution < 1.29 is 9.53 Å². The highest BCUT2D eigenvalue weighted by molar-refractivity contribution is 5.68. The lowest BCUT2D eigenvalue weighted by Gasteiger charge is -2.33. The SMILES string of the molecule is COC(=O)NC1(C#N)CCC(C)CC1. The Labute approximate surface area is 84.2 Å². The van der Waals surface area contributed by atoms with Crippen LogP contribution >= 0.6 is 0 Å². The molecule has 4 nitrogen and oxygen atoms in total. The molecule has 1 aliphatic rings. The number of amides is 1. The van der Waals surface area contributed by atoms with Crippen LogP contribution < -0.4 is 5.32 Å². The van der Waals surface area contributed by atoms with E-state index in [9.17, 15) is 4.79 Å². The van der Waals surface area contributed by atoms with Crippen LogP contribution in [0.5, 0.6) is 0 Å². The molecule has 0 spiro atoms. The summed E-state index contributed by atoms with van der Waals surface area (Å²) in [5.74, 6) is 0.649. The molecule has 0 aliphatic heterocycles. The number of nitrogens with zero attached hydrogens (tertiary/aromatic N) is 1. The molecule has 0 radical (unpaired) electrons. The van der Waals surface area contributed by atoms with E-state index in [2.05, 4.69) is 23.0 Å². The fourth-order valence-electron chi connectivity index (χ4n) is 1.77. The van der Waals surface area contributed by atoms with Gasteiger partial charge in [0.25, 0.3) is 0 Å². The number of nitrogens with one attached hydrogen (secondary N) is 1. The zero-order valence-electron chi connectivity index (χ0n) is 8.67. The van der Waals surface area contributed by atoms with Crippen LogP contribution in [0.15, 0.2) is 0 Å². The van der Waals surface area contributed by atoms with Gasteiger partial charge in [-0.05, 0) is 31.6 Å². The van der Waals surface area contributed by atoms with Gasteiger partial charge in [-0.3, -0.25) is 0 Å². The Balaban J connectivity index is 2.60. The van der Waals surface area contributed by atoms with Crippen molar-refractivity contribution in [2.75, 3.05) is 7.11 Å². The van der Waals surface area contributed by atoms with Crippen molar-refractivity contribution in [3.63, 3.8) is 0 Å². The summed E-state index contributed by atoms with van der Waals surface area (Å²) < 4.78 is 4.51. The molecule has 78 valence electrons.